The molecule has 0 aromatic heterocycles. The zero-order valence-electron chi connectivity index (χ0n) is 25.8. The summed E-state index contributed by atoms with van der Waals surface area (Å²) in [6.07, 6.45) is 6.33. The number of anilines is 3. The molecule has 0 atom stereocenters. The van der Waals surface area contributed by atoms with Gasteiger partial charge in [0.1, 0.15) is 0 Å². The highest BCUT2D eigenvalue weighted by Crippen LogP contribution is 2.51. The summed E-state index contributed by atoms with van der Waals surface area (Å²) in [6, 6.07) is 52.3. The van der Waals surface area contributed by atoms with Gasteiger partial charge >= 0.3 is 0 Å². The van der Waals surface area contributed by atoms with E-state index in [0.29, 0.717) is 0 Å². The van der Waals surface area contributed by atoms with Gasteiger partial charge in [0.05, 0.1) is 0 Å². The molecule has 0 heterocycles. The van der Waals surface area contributed by atoms with Crippen LogP contribution in [0.15, 0.2) is 140 Å². The zero-order valence-corrected chi connectivity index (χ0v) is 25.8. The van der Waals surface area contributed by atoms with Crippen molar-refractivity contribution < 1.29 is 0 Å². The predicted octanol–water partition coefficient (Wildman–Crippen LogP) is 11.9. The Hall–Kier alpha value is -4.62. The molecule has 1 fully saturated rings. The van der Waals surface area contributed by atoms with Crippen LogP contribution in [0.4, 0.5) is 17.1 Å². The fourth-order valence-corrected chi connectivity index (χ4v) is 8.20. The Labute approximate surface area is 261 Å². The van der Waals surface area contributed by atoms with E-state index in [2.05, 4.69) is 158 Å². The van der Waals surface area contributed by atoms with Gasteiger partial charge in [0.25, 0.3) is 0 Å². The van der Waals surface area contributed by atoms with E-state index in [4.69, 9.17) is 0 Å². The average molecular weight is 570 g/mol. The minimum absolute atomic E-state index is 0.00830. The third-order valence-corrected chi connectivity index (χ3v) is 10.5. The first-order valence-corrected chi connectivity index (χ1v) is 16.2. The van der Waals surface area contributed by atoms with Crippen molar-refractivity contribution >= 4 is 27.8 Å². The van der Waals surface area contributed by atoms with Gasteiger partial charge in [0.2, 0.25) is 0 Å². The molecule has 216 valence electrons. The fourth-order valence-electron chi connectivity index (χ4n) is 8.20. The van der Waals surface area contributed by atoms with E-state index in [9.17, 15) is 0 Å². The molecule has 6 aromatic rings. The molecule has 0 N–H and O–H groups in total. The third-order valence-electron chi connectivity index (χ3n) is 10.5. The van der Waals surface area contributed by atoms with Crippen LogP contribution in [0.25, 0.3) is 21.9 Å². The molecule has 0 spiro atoms. The summed E-state index contributed by atoms with van der Waals surface area (Å²) >= 11 is 0. The molecule has 6 aromatic carbocycles. The van der Waals surface area contributed by atoms with E-state index in [1.165, 1.54) is 93.3 Å². The lowest BCUT2D eigenvalue weighted by Gasteiger charge is -2.39. The standard InChI is InChI=1S/C43H39N/c1-42(2)40-18-10-9-17-38(40)39-30-37(25-26-41(39)42)44(36-22-19-31-13-7-8-14-32(31)29-36)35-23-20-34(21-24-35)43(27-11-4-12-28-43)33-15-5-3-6-16-33/h3,5-10,13-26,29-30H,4,11-12,27-28H2,1-2H3. The lowest BCUT2D eigenvalue weighted by molar-refractivity contribution is 0.346. The van der Waals surface area contributed by atoms with Gasteiger partial charge in [-0.05, 0) is 93.4 Å². The summed E-state index contributed by atoms with van der Waals surface area (Å²) in [5, 5.41) is 2.52. The summed E-state index contributed by atoms with van der Waals surface area (Å²) in [6.45, 7) is 4.70. The lowest BCUT2D eigenvalue weighted by Crippen LogP contribution is -2.30. The summed E-state index contributed by atoms with van der Waals surface area (Å²) in [4.78, 5) is 2.44. The van der Waals surface area contributed by atoms with Crippen molar-refractivity contribution in [3.05, 3.63) is 162 Å². The minimum Gasteiger partial charge on any atom is -0.310 e. The van der Waals surface area contributed by atoms with Gasteiger partial charge in [-0.3, -0.25) is 0 Å². The smallest absolute Gasteiger partial charge is 0.0468 e. The fraction of sp³-hybridized carbons (Fsp3) is 0.209. The van der Waals surface area contributed by atoms with Crippen LogP contribution >= 0.6 is 0 Å². The second kappa shape index (κ2) is 10.5. The average Bonchev–Trinajstić information content (AvgIpc) is 3.31. The largest absolute Gasteiger partial charge is 0.310 e. The maximum Gasteiger partial charge on any atom is 0.0468 e. The molecule has 0 saturated heterocycles. The summed E-state index contributed by atoms with van der Waals surface area (Å²) in [7, 11) is 0. The molecule has 0 unspecified atom stereocenters. The van der Waals surface area contributed by atoms with Gasteiger partial charge in [-0.2, -0.15) is 0 Å². The number of benzene rings is 6. The second-order valence-corrected chi connectivity index (χ2v) is 13.3. The maximum atomic E-state index is 2.44. The van der Waals surface area contributed by atoms with Crippen LogP contribution in [0.2, 0.25) is 0 Å². The summed E-state index contributed by atoms with van der Waals surface area (Å²) in [5.41, 5.74) is 12.0. The van der Waals surface area contributed by atoms with Crippen molar-refractivity contribution in [1.82, 2.24) is 0 Å². The predicted molar refractivity (Wildman–Crippen MR) is 187 cm³/mol. The summed E-state index contributed by atoms with van der Waals surface area (Å²) < 4.78 is 0. The molecule has 0 amide bonds. The van der Waals surface area contributed by atoms with E-state index < -0.39 is 0 Å². The van der Waals surface area contributed by atoms with Crippen LogP contribution in [0, 0.1) is 0 Å². The number of hydrogen-bond donors (Lipinski definition) is 0. The molecule has 2 aliphatic rings. The van der Waals surface area contributed by atoms with E-state index >= 15 is 0 Å². The SMILES string of the molecule is CC1(C)c2ccccc2-c2cc(N(c3ccc(C4(c5ccccc5)CCCCC4)cc3)c3ccc4ccccc4c3)ccc21. The zero-order chi connectivity index (χ0) is 29.7. The van der Waals surface area contributed by atoms with Crippen LogP contribution in [0.3, 0.4) is 0 Å². The van der Waals surface area contributed by atoms with Crippen LogP contribution in [-0.2, 0) is 10.8 Å². The molecule has 8 rings (SSSR count). The van der Waals surface area contributed by atoms with Crippen molar-refractivity contribution in [2.75, 3.05) is 4.90 Å². The Kier molecular flexibility index (Phi) is 6.45. The molecule has 0 bridgehead atoms. The van der Waals surface area contributed by atoms with E-state index in [1.54, 1.807) is 0 Å². The van der Waals surface area contributed by atoms with Crippen molar-refractivity contribution in [3.63, 3.8) is 0 Å². The maximum absolute atomic E-state index is 2.44. The van der Waals surface area contributed by atoms with Gasteiger partial charge in [-0.15, -0.1) is 0 Å². The summed E-state index contributed by atoms with van der Waals surface area (Å²) in [5.74, 6) is 0. The Morgan fingerprint density at radius 3 is 1.84 bits per heavy atom. The Morgan fingerprint density at radius 2 is 1.05 bits per heavy atom. The molecular weight excluding hydrogens is 530 g/mol. The van der Waals surface area contributed by atoms with Gasteiger partial charge in [0, 0.05) is 27.9 Å². The molecule has 1 nitrogen and oxygen atoms in total. The quantitative estimate of drug-likeness (QED) is 0.200. The number of nitrogens with zero attached hydrogens (tertiary/aromatic N) is 1. The highest BCUT2D eigenvalue weighted by Gasteiger charge is 2.37. The van der Waals surface area contributed by atoms with Crippen LogP contribution in [0.5, 0.6) is 0 Å². The van der Waals surface area contributed by atoms with Gasteiger partial charge in [-0.1, -0.05) is 136 Å². The van der Waals surface area contributed by atoms with Crippen LogP contribution in [-0.4, -0.2) is 0 Å². The Morgan fingerprint density at radius 1 is 0.455 bits per heavy atom. The second-order valence-electron chi connectivity index (χ2n) is 13.3. The van der Waals surface area contributed by atoms with Gasteiger partial charge in [0.15, 0.2) is 0 Å². The Bertz CT molecular complexity index is 1960. The molecule has 0 aliphatic heterocycles. The number of hydrogen-bond acceptors (Lipinski definition) is 1. The van der Waals surface area contributed by atoms with Gasteiger partial charge < -0.3 is 4.90 Å². The molecule has 1 saturated carbocycles. The minimum atomic E-state index is -0.00830. The van der Waals surface area contributed by atoms with Crippen molar-refractivity contribution in [3.8, 4) is 11.1 Å². The Balaban J connectivity index is 1.27. The van der Waals surface area contributed by atoms with Crippen LogP contribution < -0.4 is 4.90 Å². The first kappa shape index (κ1) is 27.0. The van der Waals surface area contributed by atoms with Gasteiger partial charge in [-0.25, -0.2) is 0 Å². The molecule has 2 aliphatic carbocycles. The monoisotopic (exact) mass is 569 g/mol. The molecule has 0 radical (unpaired) electrons. The number of fused-ring (bicyclic) bond motifs is 4. The highest BCUT2D eigenvalue weighted by molar-refractivity contribution is 5.91. The topological polar surface area (TPSA) is 3.24 Å². The van der Waals surface area contributed by atoms with Crippen molar-refractivity contribution in [2.45, 2.75) is 56.8 Å². The first-order valence-electron chi connectivity index (χ1n) is 16.2. The van der Waals surface area contributed by atoms with Crippen LogP contribution in [0.1, 0.15) is 68.2 Å². The first-order chi connectivity index (χ1) is 21.5. The van der Waals surface area contributed by atoms with E-state index in [0.717, 1.165) is 0 Å². The highest BCUT2D eigenvalue weighted by atomic mass is 15.1. The van der Waals surface area contributed by atoms with Crippen molar-refractivity contribution in [2.24, 2.45) is 0 Å². The molecule has 1 heteroatoms. The third kappa shape index (κ3) is 4.29. The van der Waals surface area contributed by atoms with E-state index in [1.807, 2.05) is 0 Å². The molecule has 44 heavy (non-hydrogen) atoms. The lowest BCUT2D eigenvalue weighted by atomic mass is 9.65. The number of rotatable bonds is 5. The van der Waals surface area contributed by atoms with E-state index in [-0.39, 0.29) is 10.8 Å². The van der Waals surface area contributed by atoms with Crippen molar-refractivity contribution in [1.29, 1.82) is 0 Å². The molecular formula is C43H39N. The normalized spacial score (nSPS) is 16.3.